The second-order valence-corrected chi connectivity index (χ2v) is 7.60. The summed E-state index contributed by atoms with van der Waals surface area (Å²) in [6, 6.07) is 17.0. The van der Waals surface area contributed by atoms with Gasteiger partial charge in [-0.1, -0.05) is 18.2 Å². The van der Waals surface area contributed by atoms with Crippen LogP contribution in [0.3, 0.4) is 0 Å². The van der Waals surface area contributed by atoms with Gasteiger partial charge in [0.25, 0.3) is 0 Å². The SMILES string of the molecule is Cc1ccc(C(c2ccc(C)s2)c2ccccc2N)s1. The summed E-state index contributed by atoms with van der Waals surface area (Å²) in [6.07, 6.45) is 0. The monoisotopic (exact) mass is 299 g/mol. The van der Waals surface area contributed by atoms with Crippen LogP contribution in [0, 0.1) is 13.8 Å². The highest BCUT2D eigenvalue weighted by molar-refractivity contribution is 7.13. The topological polar surface area (TPSA) is 26.0 Å². The van der Waals surface area contributed by atoms with Crippen LogP contribution in [-0.2, 0) is 0 Å². The van der Waals surface area contributed by atoms with E-state index < -0.39 is 0 Å². The van der Waals surface area contributed by atoms with Crippen LogP contribution >= 0.6 is 22.7 Å². The van der Waals surface area contributed by atoms with Gasteiger partial charge in [-0.2, -0.15) is 0 Å². The van der Waals surface area contributed by atoms with Gasteiger partial charge in [0, 0.05) is 25.2 Å². The first-order valence-corrected chi connectivity index (χ1v) is 8.25. The highest BCUT2D eigenvalue weighted by Gasteiger charge is 2.21. The molecule has 0 radical (unpaired) electrons. The Morgan fingerprint density at radius 3 is 1.80 bits per heavy atom. The molecule has 0 aliphatic carbocycles. The van der Waals surface area contributed by atoms with Crippen LogP contribution in [-0.4, -0.2) is 0 Å². The normalized spacial score (nSPS) is 11.2. The molecule has 0 unspecified atom stereocenters. The summed E-state index contributed by atoms with van der Waals surface area (Å²) in [5, 5.41) is 0. The average Bonchev–Trinajstić information content (AvgIpc) is 3.02. The zero-order valence-corrected chi connectivity index (χ0v) is 13.2. The predicted molar refractivity (Wildman–Crippen MR) is 89.9 cm³/mol. The zero-order chi connectivity index (χ0) is 14.1. The Hall–Kier alpha value is -1.58. The number of hydrogen-bond acceptors (Lipinski definition) is 3. The molecule has 0 amide bonds. The third-order valence-electron chi connectivity index (χ3n) is 3.40. The first kappa shape index (κ1) is 13.4. The largest absolute Gasteiger partial charge is 0.398 e. The highest BCUT2D eigenvalue weighted by atomic mass is 32.1. The molecule has 0 aliphatic heterocycles. The molecule has 1 aromatic carbocycles. The Bertz CT molecular complexity index is 684. The molecule has 0 saturated carbocycles. The van der Waals surface area contributed by atoms with Gasteiger partial charge >= 0.3 is 0 Å². The molecular formula is C17H17NS2. The third kappa shape index (κ3) is 2.51. The van der Waals surface area contributed by atoms with E-state index in [1.807, 2.05) is 34.8 Å². The maximum Gasteiger partial charge on any atom is 0.0548 e. The van der Waals surface area contributed by atoms with Crippen molar-refractivity contribution < 1.29 is 0 Å². The van der Waals surface area contributed by atoms with Crippen molar-refractivity contribution in [2.24, 2.45) is 0 Å². The van der Waals surface area contributed by atoms with Gasteiger partial charge in [0.1, 0.15) is 0 Å². The molecule has 0 aliphatic rings. The van der Waals surface area contributed by atoms with Gasteiger partial charge in [0.05, 0.1) is 5.92 Å². The number of nitrogen functional groups attached to an aromatic ring is 1. The van der Waals surface area contributed by atoms with Crippen molar-refractivity contribution in [1.29, 1.82) is 0 Å². The minimum Gasteiger partial charge on any atom is -0.398 e. The summed E-state index contributed by atoms with van der Waals surface area (Å²) in [5.74, 6) is 0.258. The Morgan fingerprint density at radius 1 is 0.800 bits per heavy atom. The maximum atomic E-state index is 6.22. The Morgan fingerprint density at radius 2 is 1.35 bits per heavy atom. The first-order chi connectivity index (χ1) is 9.65. The molecule has 0 spiro atoms. The van der Waals surface area contributed by atoms with Crippen molar-refractivity contribution in [2.75, 3.05) is 5.73 Å². The molecule has 2 heterocycles. The molecule has 0 fully saturated rings. The van der Waals surface area contributed by atoms with E-state index in [9.17, 15) is 0 Å². The van der Waals surface area contributed by atoms with Crippen LogP contribution < -0.4 is 5.73 Å². The lowest BCUT2D eigenvalue weighted by Crippen LogP contribution is -2.03. The van der Waals surface area contributed by atoms with Gasteiger partial charge < -0.3 is 5.73 Å². The first-order valence-electron chi connectivity index (χ1n) is 6.62. The van der Waals surface area contributed by atoms with Crippen molar-refractivity contribution in [2.45, 2.75) is 19.8 Å². The number of anilines is 1. The average molecular weight is 299 g/mol. The van der Waals surface area contributed by atoms with Crippen LogP contribution in [0.5, 0.6) is 0 Å². The molecular weight excluding hydrogens is 282 g/mol. The van der Waals surface area contributed by atoms with Crippen LogP contribution in [0.1, 0.15) is 31.0 Å². The van der Waals surface area contributed by atoms with Gasteiger partial charge in [0.15, 0.2) is 0 Å². The van der Waals surface area contributed by atoms with Crippen LogP contribution in [0.15, 0.2) is 48.5 Å². The molecule has 3 aromatic rings. The van der Waals surface area contributed by atoms with E-state index in [0.29, 0.717) is 0 Å². The van der Waals surface area contributed by atoms with E-state index in [1.165, 1.54) is 25.1 Å². The lowest BCUT2D eigenvalue weighted by atomic mass is 9.94. The number of nitrogens with two attached hydrogens (primary N) is 1. The fourth-order valence-electron chi connectivity index (χ4n) is 2.44. The maximum absolute atomic E-state index is 6.22. The molecule has 102 valence electrons. The van der Waals surface area contributed by atoms with Crippen molar-refractivity contribution >= 4 is 28.4 Å². The molecule has 3 rings (SSSR count). The summed E-state index contributed by atoms with van der Waals surface area (Å²) >= 11 is 3.71. The second-order valence-electron chi connectivity index (χ2n) is 4.96. The summed E-state index contributed by atoms with van der Waals surface area (Å²) in [4.78, 5) is 5.41. The number of para-hydroxylation sites is 1. The van der Waals surface area contributed by atoms with Gasteiger partial charge in [-0.3, -0.25) is 0 Å². The van der Waals surface area contributed by atoms with Crippen molar-refractivity contribution in [3.05, 3.63) is 73.6 Å². The van der Waals surface area contributed by atoms with E-state index in [0.717, 1.165) is 5.69 Å². The van der Waals surface area contributed by atoms with Gasteiger partial charge in [-0.15, -0.1) is 22.7 Å². The van der Waals surface area contributed by atoms with Crippen molar-refractivity contribution in [3.8, 4) is 0 Å². The minimum atomic E-state index is 0.258. The standard InChI is InChI=1S/C17H17NS2/c1-11-7-9-15(19-11)17(16-10-8-12(2)20-16)13-5-3-4-6-14(13)18/h3-10,17H,18H2,1-2H3. The summed E-state index contributed by atoms with van der Waals surface area (Å²) in [7, 11) is 0. The molecule has 0 saturated heterocycles. The predicted octanol–water partition coefficient (Wildman–Crippen LogP) is 5.19. The second kappa shape index (κ2) is 5.43. The molecule has 0 bridgehead atoms. The molecule has 1 nitrogen and oxygen atoms in total. The zero-order valence-electron chi connectivity index (χ0n) is 11.6. The molecule has 2 aromatic heterocycles. The van der Waals surface area contributed by atoms with Crippen LogP contribution in [0.4, 0.5) is 5.69 Å². The van der Waals surface area contributed by atoms with Gasteiger partial charge in [0.2, 0.25) is 0 Å². The molecule has 20 heavy (non-hydrogen) atoms. The summed E-state index contributed by atoms with van der Waals surface area (Å²) < 4.78 is 0. The van der Waals surface area contributed by atoms with Gasteiger partial charge in [-0.05, 0) is 49.7 Å². The minimum absolute atomic E-state index is 0.258. The lowest BCUT2D eigenvalue weighted by Gasteiger charge is -2.16. The molecule has 3 heteroatoms. The van der Waals surface area contributed by atoms with E-state index in [-0.39, 0.29) is 5.92 Å². The van der Waals surface area contributed by atoms with E-state index in [1.54, 1.807) is 0 Å². The Kier molecular flexibility index (Phi) is 3.64. The Labute approximate surface area is 127 Å². The number of aryl methyl sites for hydroxylation is 2. The molecule has 0 atom stereocenters. The Balaban J connectivity index is 2.16. The smallest absolute Gasteiger partial charge is 0.0548 e. The van der Waals surface area contributed by atoms with Crippen LogP contribution in [0.25, 0.3) is 0 Å². The van der Waals surface area contributed by atoms with E-state index >= 15 is 0 Å². The third-order valence-corrected chi connectivity index (χ3v) is 5.53. The summed E-state index contributed by atoms with van der Waals surface area (Å²) in [5.41, 5.74) is 8.29. The summed E-state index contributed by atoms with van der Waals surface area (Å²) in [6.45, 7) is 4.30. The quantitative estimate of drug-likeness (QED) is 0.662. The highest BCUT2D eigenvalue weighted by Crippen LogP contribution is 2.40. The van der Waals surface area contributed by atoms with Crippen molar-refractivity contribution in [3.63, 3.8) is 0 Å². The molecule has 2 N–H and O–H groups in total. The lowest BCUT2D eigenvalue weighted by molar-refractivity contribution is 1.04. The van der Waals surface area contributed by atoms with Gasteiger partial charge in [-0.25, -0.2) is 0 Å². The fraction of sp³-hybridized carbons (Fsp3) is 0.176. The number of hydrogen-bond donors (Lipinski definition) is 1. The van der Waals surface area contributed by atoms with E-state index in [2.05, 4.69) is 50.2 Å². The number of thiophene rings is 2. The number of benzene rings is 1. The van der Waals surface area contributed by atoms with Crippen LogP contribution in [0.2, 0.25) is 0 Å². The van der Waals surface area contributed by atoms with E-state index in [4.69, 9.17) is 5.73 Å². The fourth-order valence-corrected chi connectivity index (χ4v) is 4.54. The van der Waals surface area contributed by atoms with Crippen molar-refractivity contribution in [1.82, 2.24) is 0 Å². The number of rotatable bonds is 3.